The third kappa shape index (κ3) is 3.19. The topological polar surface area (TPSA) is 86.5 Å². The van der Waals surface area contributed by atoms with Gasteiger partial charge in [-0.05, 0) is 61.1 Å². The average Bonchev–Trinajstić information content (AvgIpc) is 3.21. The Labute approximate surface area is 161 Å². The molecule has 0 fully saturated rings. The minimum Gasteiger partial charge on any atom is -0.485 e. The number of fused-ring (bicyclic) bond motifs is 2. The molecule has 0 unspecified atom stereocenters. The smallest absolute Gasteiger partial charge is 0.322 e. The lowest BCUT2D eigenvalue weighted by atomic mass is 9.90. The number of nitrogens with one attached hydrogen (secondary N) is 1. The quantitative estimate of drug-likeness (QED) is 0.753. The predicted octanol–water partition coefficient (Wildman–Crippen LogP) is 3.39. The summed E-state index contributed by atoms with van der Waals surface area (Å²) in [6.45, 7) is 0.120. The first kappa shape index (κ1) is 16.8. The molecule has 0 saturated heterocycles. The molecular weight excluding hydrogens is 358 g/mol. The van der Waals surface area contributed by atoms with Crippen LogP contribution in [-0.4, -0.2) is 28.8 Å². The number of aromatic nitrogens is 2. The van der Waals surface area contributed by atoms with Crippen LogP contribution in [-0.2, 0) is 17.6 Å². The summed E-state index contributed by atoms with van der Waals surface area (Å²) in [5, 5.41) is 10.6. The van der Waals surface area contributed by atoms with Crippen LogP contribution in [0, 0.1) is 0 Å². The van der Waals surface area contributed by atoms with Gasteiger partial charge < -0.3 is 13.9 Å². The van der Waals surface area contributed by atoms with Crippen LogP contribution in [0.5, 0.6) is 11.5 Å². The Kier molecular flexibility index (Phi) is 4.20. The van der Waals surface area contributed by atoms with E-state index in [2.05, 4.69) is 27.6 Å². The Morgan fingerprint density at radius 3 is 2.71 bits per heavy atom. The second-order valence-electron chi connectivity index (χ2n) is 6.96. The van der Waals surface area contributed by atoms with Gasteiger partial charge in [-0.3, -0.25) is 10.1 Å². The number of nitrogens with zero attached hydrogens (tertiary/aromatic N) is 2. The number of carbonyl (C=O) groups excluding carboxylic acids is 1. The van der Waals surface area contributed by atoms with E-state index in [9.17, 15) is 4.79 Å². The van der Waals surface area contributed by atoms with Crippen molar-refractivity contribution in [3.05, 3.63) is 53.6 Å². The first-order valence-corrected chi connectivity index (χ1v) is 9.41. The maximum Gasteiger partial charge on any atom is 0.322 e. The summed E-state index contributed by atoms with van der Waals surface area (Å²) in [6, 6.07) is 13.5. The molecule has 1 aliphatic carbocycles. The lowest BCUT2D eigenvalue weighted by molar-refractivity contribution is -0.125. The number of ether oxygens (including phenoxy) is 2. The van der Waals surface area contributed by atoms with E-state index in [0.717, 1.165) is 18.4 Å². The number of hydrogen-bond donors (Lipinski definition) is 1. The van der Waals surface area contributed by atoms with E-state index in [0.29, 0.717) is 17.4 Å². The molecule has 7 heteroatoms. The number of hydrogen-bond acceptors (Lipinski definition) is 6. The van der Waals surface area contributed by atoms with Gasteiger partial charge in [-0.15, -0.1) is 5.10 Å². The second kappa shape index (κ2) is 6.99. The minimum absolute atomic E-state index is 0.0418. The number of carbonyl (C=O) groups is 1. The van der Waals surface area contributed by atoms with Gasteiger partial charge in [0.05, 0.1) is 0 Å². The van der Waals surface area contributed by atoms with E-state index in [1.807, 2.05) is 18.2 Å². The molecule has 3 aromatic rings. The zero-order valence-electron chi connectivity index (χ0n) is 15.2. The molecule has 2 aliphatic rings. The molecule has 28 heavy (non-hydrogen) atoms. The molecule has 2 aromatic carbocycles. The normalized spacial score (nSPS) is 17.6. The van der Waals surface area contributed by atoms with Crippen LogP contribution in [0.15, 0.2) is 46.9 Å². The fraction of sp³-hybridized carbons (Fsp3) is 0.286. The Hall–Kier alpha value is -3.35. The number of benzene rings is 2. The number of rotatable bonds is 3. The largest absolute Gasteiger partial charge is 0.485 e. The average molecular weight is 377 g/mol. The van der Waals surface area contributed by atoms with Gasteiger partial charge >= 0.3 is 6.01 Å². The maximum atomic E-state index is 12.5. The molecule has 0 bridgehead atoms. The van der Waals surface area contributed by atoms with Crippen LogP contribution in [0.2, 0.25) is 0 Å². The van der Waals surface area contributed by atoms with Crippen molar-refractivity contribution < 1.29 is 18.7 Å². The molecule has 2 heterocycles. The van der Waals surface area contributed by atoms with Gasteiger partial charge in [0.2, 0.25) is 12.0 Å². The van der Waals surface area contributed by atoms with Crippen molar-refractivity contribution in [1.29, 1.82) is 0 Å². The summed E-state index contributed by atoms with van der Waals surface area (Å²) >= 11 is 0. The zero-order chi connectivity index (χ0) is 18.9. The van der Waals surface area contributed by atoms with Crippen molar-refractivity contribution in [3.63, 3.8) is 0 Å². The van der Waals surface area contributed by atoms with Crippen LogP contribution >= 0.6 is 0 Å². The van der Waals surface area contributed by atoms with Crippen molar-refractivity contribution in [1.82, 2.24) is 10.2 Å². The molecule has 1 aromatic heterocycles. The van der Waals surface area contributed by atoms with E-state index in [1.54, 1.807) is 12.1 Å². The highest BCUT2D eigenvalue weighted by Gasteiger charge is 2.28. The Morgan fingerprint density at radius 2 is 1.82 bits per heavy atom. The van der Waals surface area contributed by atoms with Gasteiger partial charge in [-0.2, -0.15) is 0 Å². The van der Waals surface area contributed by atoms with E-state index in [1.165, 1.54) is 24.0 Å². The van der Waals surface area contributed by atoms with Gasteiger partial charge in [0.25, 0.3) is 5.91 Å². The molecule has 1 aliphatic heterocycles. The highest BCUT2D eigenvalue weighted by atomic mass is 16.6. The molecule has 142 valence electrons. The number of anilines is 1. The summed E-state index contributed by atoms with van der Waals surface area (Å²) in [5.74, 6) is 1.15. The van der Waals surface area contributed by atoms with Crippen LogP contribution in [0.3, 0.4) is 0 Å². The Balaban J connectivity index is 1.29. The van der Waals surface area contributed by atoms with Gasteiger partial charge in [0.1, 0.15) is 6.61 Å². The predicted molar refractivity (Wildman–Crippen MR) is 101 cm³/mol. The van der Waals surface area contributed by atoms with Crippen molar-refractivity contribution in [2.24, 2.45) is 0 Å². The lowest BCUT2D eigenvalue weighted by Crippen LogP contribution is -2.40. The molecule has 1 N–H and O–H groups in total. The van der Waals surface area contributed by atoms with E-state index >= 15 is 0 Å². The van der Waals surface area contributed by atoms with Gasteiger partial charge in [0, 0.05) is 5.56 Å². The summed E-state index contributed by atoms with van der Waals surface area (Å²) in [4.78, 5) is 12.5. The third-order valence-electron chi connectivity index (χ3n) is 5.05. The monoisotopic (exact) mass is 377 g/mol. The molecule has 0 saturated carbocycles. The highest BCUT2D eigenvalue weighted by molar-refractivity contribution is 5.93. The maximum absolute atomic E-state index is 12.5. The van der Waals surface area contributed by atoms with Crippen molar-refractivity contribution in [2.45, 2.75) is 31.8 Å². The SMILES string of the molecule is O=C(Nc1nnc(-c2ccc3c(c2)CCCC3)o1)[C@@H]1COc2ccccc2O1. The summed E-state index contributed by atoms with van der Waals surface area (Å²) in [5.41, 5.74) is 3.58. The fourth-order valence-corrected chi connectivity index (χ4v) is 3.59. The van der Waals surface area contributed by atoms with Crippen molar-refractivity contribution in [3.8, 4) is 23.0 Å². The fourth-order valence-electron chi connectivity index (χ4n) is 3.59. The van der Waals surface area contributed by atoms with Crippen LogP contribution < -0.4 is 14.8 Å². The van der Waals surface area contributed by atoms with Gasteiger partial charge in [-0.1, -0.05) is 23.3 Å². The van der Waals surface area contributed by atoms with Gasteiger partial charge in [0.15, 0.2) is 11.5 Å². The molecule has 7 nitrogen and oxygen atoms in total. The summed E-state index contributed by atoms with van der Waals surface area (Å²) in [7, 11) is 0. The number of para-hydroxylation sites is 2. The lowest BCUT2D eigenvalue weighted by Gasteiger charge is -2.24. The van der Waals surface area contributed by atoms with E-state index < -0.39 is 12.0 Å². The van der Waals surface area contributed by atoms with Crippen LogP contribution in [0.25, 0.3) is 11.5 Å². The first-order chi connectivity index (χ1) is 13.8. The van der Waals surface area contributed by atoms with Crippen LogP contribution in [0.1, 0.15) is 24.0 Å². The number of amides is 1. The molecular formula is C21H19N3O4. The van der Waals surface area contributed by atoms with E-state index in [-0.39, 0.29) is 12.6 Å². The van der Waals surface area contributed by atoms with Crippen molar-refractivity contribution in [2.75, 3.05) is 11.9 Å². The van der Waals surface area contributed by atoms with Crippen molar-refractivity contribution >= 4 is 11.9 Å². The first-order valence-electron chi connectivity index (χ1n) is 9.41. The third-order valence-corrected chi connectivity index (χ3v) is 5.05. The van der Waals surface area contributed by atoms with Gasteiger partial charge in [-0.25, -0.2) is 0 Å². The molecule has 1 atom stereocenters. The van der Waals surface area contributed by atoms with Crippen LogP contribution in [0.4, 0.5) is 6.01 Å². The standard InChI is InChI=1S/C21H19N3O4/c25-19(18-12-26-16-7-3-4-8-17(16)27-18)22-21-24-23-20(28-21)15-10-9-13-5-1-2-6-14(13)11-15/h3-4,7-11,18H,1-2,5-6,12H2,(H,22,24,25)/t18-/m0/s1. The Bertz CT molecular complexity index is 1030. The molecule has 5 rings (SSSR count). The summed E-state index contributed by atoms with van der Waals surface area (Å²) < 4.78 is 16.9. The Morgan fingerprint density at radius 1 is 1.00 bits per heavy atom. The zero-order valence-corrected chi connectivity index (χ0v) is 15.2. The minimum atomic E-state index is -0.783. The highest BCUT2D eigenvalue weighted by Crippen LogP contribution is 2.31. The molecule has 1 amide bonds. The van der Waals surface area contributed by atoms with E-state index in [4.69, 9.17) is 13.9 Å². The number of aryl methyl sites for hydroxylation is 2. The summed E-state index contributed by atoms with van der Waals surface area (Å²) in [6.07, 6.45) is 3.85. The second-order valence-corrected chi connectivity index (χ2v) is 6.96. The molecule has 0 spiro atoms. The molecule has 0 radical (unpaired) electrons.